The highest BCUT2D eigenvalue weighted by Gasteiger charge is 2.09. The number of thiol groups is 1. The standard InChI is InChI=1S/C21H22S/c1-4-15(3)20-13-19(9-10-21(20)22)18-8-7-16-11-14(2)5-6-17(16)12-18/h5-13,15,22H,4H2,1-3H3. The van der Waals surface area contributed by atoms with Gasteiger partial charge in [-0.3, -0.25) is 0 Å². The Kier molecular flexibility index (Phi) is 4.26. The summed E-state index contributed by atoms with van der Waals surface area (Å²) in [5.41, 5.74) is 5.19. The molecule has 0 aliphatic rings. The highest BCUT2D eigenvalue weighted by molar-refractivity contribution is 7.80. The SMILES string of the molecule is CCC(C)c1cc(-c2ccc3cc(C)ccc3c2)ccc1S. The Hall–Kier alpha value is -1.73. The average molecular weight is 306 g/mol. The van der Waals surface area contributed by atoms with Crippen molar-refractivity contribution >= 4 is 23.4 Å². The topological polar surface area (TPSA) is 0 Å². The Morgan fingerprint density at radius 1 is 0.864 bits per heavy atom. The Balaban J connectivity index is 2.09. The first kappa shape index (κ1) is 15.2. The van der Waals surface area contributed by atoms with E-state index in [-0.39, 0.29) is 0 Å². The molecule has 0 N–H and O–H groups in total. The summed E-state index contributed by atoms with van der Waals surface area (Å²) in [7, 11) is 0. The van der Waals surface area contributed by atoms with Gasteiger partial charge in [-0.15, -0.1) is 12.6 Å². The zero-order valence-electron chi connectivity index (χ0n) is 13.4. The summed E-state index contributed by atoms with van der Waals surface area (Å²) in [5, 5.41) is 2.60. The third-order valence-electron chi connectivity index (χ3n) is 4.50. The molecular formula is C21H22S. The van der Waals surface area contributed by atoms with E-state index >= 15 is 0 Å². The van der Waals surface area contributed by atoms with E-state index < -0.39 is 0 Å². The minimum atomic E-state index is 0.538. The Bertz CT molecular complexity index is 817. The molecule has 0 nitrogen and oxygen atoms in total. The van der Waals surface area contributed by atoms with Crippen LogP contribution in [0.25, 0.3) is 21.9 Å². The lowest BCUT2D eigenvalue weighted by Gasteiger charge is -2.14. The van der Waals surface area contributed by atoms with Crippen LogP contribution in [0, 0.1) is 6.92 Å². The average Bonchev–Trinajstić information content (AvgIpc) is 2.54. The molecule has 3 rings (SSSR count). The van der Waals surface area contributed by atoms with Crippen LogP contribution >= 0.6 is 12.6 Å². The molecule has 0 bridgehead atoms. The van der Waals surface area contributed by atoms with Gasteiger partial charge in [-0.25, -0.2) is 0 Å². The molecule has 0 saturated heterocycles. The van der Waals surface area contributed by atoms with E-state index in [9.17, 15) is 0 Å². The van der Waals surface area contributed by atoms with Gasteiger partial charge in [0.25, 0.3) is 0 Å². The molecule has 0 heterocycles. The molecule has 0 saturated carbocycles. The van der Waals surface area contributed by atoms with Crippen molar-refractivity contribution in [2.45, 2.75) is 38.0 Å². The maximum absolute atomic E-state index is 4.62. The predicted molar refractivity (Wildman–Crippen MR) is 100 cm³/mol. The first-order valence-corrected chi connectivity index (χ1v) is 8.37. The zero-order valence-corrected chi connectivity index (χ0v) is 14.3. The van der Waals surface area contributed by atoms with Crippen molar-refractivity contribution in [2.24, 2.45) is 0 Å². The first-order chi connectivity index (χ1) is 10.6. The normalized spacial score (nSPS) is 12.5. The van der Waals surface area contributed by atoms with Crippen LogP contribution in [0.2, 0.25) is 0 Å². The van der Waals surface area contributed by atoms with E-state index in [1.165, 1.54) is 33.0 Å². The Morgan fingerprint density at radius 2 is 1.50 bits per heavy atom. The molecule has 0 aliphatic carbocycles. The van der Waals surface area contributed by atoms with Crippen molar-refractivity contribution in [3.8, 4) is 11.1 Å². The minimum Gasteiger partial charge on any atom is -0.143 e. The Labute approximate surface area is 138 Å². The van der Waals surface area contributed by atoms with Gasteiger partial charge in [-0.05, 0) is 64.9 Å². The van der Waals surface area contributed by atoms with E-state index in [0.29, 0.717) is 5.92 Å². The van der Waals surface area contributed by atoms with Crippen LogP contribution in [0.15, 0.2) is 59.5 Å². The van der Waals surface area contributed by atoms with E-state index in [4.69, 9.17) is 0 Å². The highest BCUT2D eigenvalue weighted by atomic mass is 32.1. The van der Waals surface area contributed by atoms with Crippen molar-refractivity contribution in [1.82, 2.24) is 0 Å². The van der Waals surface area contributed by atoms with E-state index in [1.54, 1.807) is 0 Å². The maximum atomic E-state index is 4.62. The Morgan fingerprint density at radius 3 is 2.27 bits per heavy atom. The largest absolute Gasteiger partial charge is 0.143 e. The molecule has 1 heteroatoms. The van der Waals surface area contributed by atoms with Crippen molar-refractivity contribution in [3.63, 3.8) is 0 Å². The number of rotatable bonds is 3. The fraction of sp³-hybridized carbons (Fsp3) is 0.238. The van der Waals surface area contributed by atoms with Gasteiger partial charge in [0.2, 0.25) is 0 Å². The van der Waals surface area contributed by atoms with Crippen LogP contribution in [0.3, 0.4) is 0 Å². The highest BCUT2D eigenvalue weighted by Crippen LogP contribution is 2.32. The molecule has 3 aromatic carbocycles. The summed E-state index contributed by atoms with van der Waals surface area (Å²) in [5.74, 6) is 0.538. The van der Waals surface area contributed by atoms with Crippen molar-refractivity contribution in [3.05, 3.63) is 65.7 Å². The third-order valence-corrected chi connectivity index (χ3v) is 4.91. The third kappa shape index (κ3) is 2.91. The monoisotopic (exact) mass is 306 g/mol. The number of benzene rings is 3. The second-order valence-corrected chi connectivity index (χ2v) is 6.63. The van der Waals surface area contributed by atoms with Gasteiger partial charge in [-0.2, -0.15) is 0 Å². The summed E-state index contributed by atoms with van der Waals surface area (Å²) in [6.07, 6.45) is 1.13. The van der Waals surface area contributed by atoms with Crippen molar-refractivity contribution < 1.29 is 0 Å². The first-order valence-electron chi connectivity index (χ1n) is 7.92. The van der Waals surface area contributed by atoms with Crippen LogP contribution < -0.4 is 0 Å². The van der Waals surface area contributed by atoms with Crippen molar-refractivity contribution in [1.29, 1.82) is 0 Å². The van der Waals surface area contributed by atoms with E-state index in [2.05, 4.69) is 88.0 Å². The molecule has 0 spiro atoms. The molecule has 1 unspecified atom stereocenters. The maximum Gasteiger partial charge on any atom is 0.00751 e. The zero-order chi connectivity index (χ0) is 15.7. The molecule has 112 valence electrons. The fourth-order valence-corrected chi connectivity index (χ4v) is 3.25. The lowest BCUT2D eigenvalue weighted by atomic mass is 9.93. The number of hydrogen-bond donors (Lipinski definition) is 1. The molecule has 0 radical (unpaired) electrons. The predicted octanol–water partition coefficient (Wildman–Crippen LogP) is 6.62. The van der Waals surface area contributed by atoms with Gasteiger partial charge in [-0.1, -0.05) is 55.8 Å². The molecule has 0 fully saturated rings. The second-order valence-electron chi connectivity index (χ2n) is 6.15. The molecule has 1 atom stereocenters. The van der Waals surface area contributed by atoms with Crippen LogP contribution in [0.4, 0.5) is 0 Å². The van der Waals surface area contributed by atoms with Gasteiger partial charge in [0.1, 0.15) is 0 Å². The van der Waals surface area contributed by atoms with Gasteiger partial charge in [0.15, 0.2) is 0 Å². The molecule has 3 aromatic rings. The van der Waals surface area contributed by atoms with Crippen LogP contribution in [0.1, 0.15) is 37.3 Å². The number of aryl methyl sites for hydroxylation is 1. The summed E-state index contributed by atoms with van der Waals surface area (Å²) in [4.78, 5) is 1.09. The molecule has 0 aromatic heterocycles. The van der Waals surface area contributed by atoms with Crippen LogP contribution in [0.5, 0.6) is 0 Å². The smallest absolute Gasteiger partial charge is 0.00751 e. The van der Waals surface area contributed by atoms with Gasteiger partial charge in [0.05, 0.1) is 0 Å². The molecule has 22 heavy (non-hydrogen) atoms. The van der Waals surface area contributed by atoms with Gasteiger partial charge in [0, 0.05) is 4.90 Å². The van der Waals surface area contributed by atoms with Gasteiger partial charge < -0.3 is 0 Å². The summed E-state index contributed by atoms with van der Waals surface area (Å²) in [6.45, 7) is 6.63. The molecule has 0 amide bonds. The number of fused-ring (bicyclic) bond motifs is 1. The lowest BCUT2D eigenvalue weighted by molar-refractivity contribution is 0.720. The molecule has 0 aliphatic heterocycles. The summed E-state index contributed by atoms with van der Waals surface area (Å²) >= 11 is 4.62. The van der Waals surface area contributed by atoms with E-state index in [0.717, 1.165) is 11.3 Å². The van der Waals surface area contributed by atoms with E-state index in [1.807, 2.05) is 0 Å². The van der Waals surface area contributed by atoms with Crippen molar-refractivity contribution in [2.75, 3.05) is 0 Å². The summed E-state index contributed by atoms with van der Waals surface area (Å²) in [6, 6.07) is 19.9. The molecular weight excluding hydrogens is 284 g/mol. The second kappa shape index (κ2) is 6.18. The fourth-order valence-electron chi connectivity index (χ4n) is 2.89. The van der Waals surface area contributed by atoms with Gasteiger partial charge >= 0.3 is 0 Å². The minimum absolute atomic E-state index is 0.538. The number of hydrogen-bond acceptors (Lipinski definition) is 1. The van der Waals surface area contributed by atoms with Crippen LogP contribution in [-0.2, 0) is 0 Å². The lowest BCUT2D eigenvalue weighted by Crippen LogP contribution is -1.94. The summed E-state index contributed by atoms with van der Waals surface area (Å²) < 4.78 is 0. The quantitative estimate of drug-likeness (QED) is 0.517. The van der Waals surface area contributed by atoms with Crippen LogP contribution in [-0.4, -0.2) is 0 Å².